The second kappa shape index (κ2) is 5.33. The first kappa shape index (κ1) is 9.75. The molecule has 0 radical (unpaired) electrons. The highest BCUT2D eigenvalue weighted by Crippen LogP contribution is 2.21. The Hall–Kier alpha value is -0.340. The standard InChI is InChI=1S/C10H18O2/c11-8-10(12)7-6-9-4-2-1-3-5-9/h4,10-12H,1-3,5-8H2. The molecule has 0 aromatic carbocycles. The zero-order chi connectivity index (χ0) is 8.81. The van der Waals surface area contributed by atoms with Crippen LogP contribution in [0.4, 0.5) is 0 Å². The molecule has 0 fully saturated rings. The van der Waals surface area contributed by atoms with E-state index in [0.29, 0.717) is 6.42 Å². The monoisotopic (exact) mass is 170 g/mol. The van der Waals surface area contributed by atoms with E-state index in [4.69, 9.17) is 10.2 Å². The highest BCUT2D eigenvalue weighted by atomic mass is 16.3. The van der Waals surface area contributed by atoms with Gasteiger partial charge in [-0.2, -0.15) is 0 Å². The van der Waals surface area contributed by atoms with Crippen LogP contribution < -0.4 is 0 Å². The van der Waals surface area contributed by atoms with Crippen molar-refractivity contribution in [3.63, 3.8) is 0 Å². The molecule has 0 aliphatic heterocycles. The molecule has 12 heavy (non-hydrogen) atoms. The Morgan fingerprint density at radius 2 is 2.25 bits per heavy atom. The number of hydrogen-bond acceptors (Lipinski definition) is 2. The lowest BCUT2D eigenvalue weighted by Crippen LogP contribution is -2.11. The van der Waals surface area contributed by atoms with Crippen molar-refractivity contribution in [1.82, 2.24) is 0 Å². The SMILES string of the molecule is OCC(O)CCC1=CCCCC1. The molecule has 70 valence electrons. The average Bonchev–Trinajstić information content (AvgIpc) is 2.16. The number of aliphatic hydroxyl groups is 2. The Morgan fingerprint density at radius 3 is 2.83 bits per heavy atom. The summed E-state index contributed by atoms with van der Waals surface area (Å²) in [5.74, 6) is 0. The van der Waals surface area contributed by atoms with Gasteiger partial charge in [0.1, 0.15) is 0 Å². The first-order chi connectivity index (χ1) is 5.83. The molecule has 0 saturated carbocycles. The van der Waals surface area contributed by atoms with E-state index in [1.165, 1.54) is 31.3 Å². The lowest BCUT2D eigenvalue weighted by molar-refractivity contribution is 0.0883. The molecular weight excluding hydrogens is 152 g/mol. The fraction of sp³-hybridized carbons (Fsp3) is 0.800. The fourth-order valence-corrected chi connectivity index (χ4v) is 1.58. The van der Waals surface area contributed by atoms with Gasteiger partial charge in [0, 0.05) is 0 Å². The molecule has 1 unspecified atom stereocenters. The number of allylic oxidation sites excluding steroid dienone is 2. The molecule has 1 aliphatic carbocycles. The van der Waals surface area contributed by atoms with Gasteiger partial charge in [0.2, 0.25) is 0 Å². The first-order valence-electron chi connectivity index (χ1n) is 4.79. The fourth-order valence-electron chi connectivity index (χ4n) is 1.58. The third-order valence-electron chi connectivity index (χ3n) is 2.39. The smallest absolute Gasteiger partial charge is 0.0774 e. The van der Waals surface area contributed by atoms with Crippen LogP contribution in [0.15, 0.2) is 11.6 Å². The summed E-state index contributed by atoms with van der Waals surface area (Å²) >= 11 is 0. The van der Waals surface area contributed by atoms with Gasteiger partial charge in [-0.25, -0.2) is 0 Å². The molecular formula is C10H18O2. The topological polar surface area (TPSA) is 40.5 Å². The first-order valence-corrected chi connectivity index (χ1v) is 4.79. The largest absolute Gasteiger partial charge is 0.394 e. The van der Waals surface area contributed by atoms with Crippen molar-refractivity contribution in [3.8, 4) is 0 Å². The summed E-state index contributed by atoms with van der Waals surface area (Å²) in [5.41, 5.74) is 1.47. The lowest BCUT2D eigenvalue weighted by Gasteiger charge is -2.13. The maximum Gasteiger partial charge on any atom is 0.0774 e. The van der Waals surface area contributed by atoms with Crippen molar-refractivity contribution in [2.75, 3.05) is 6.61 Å². The minimum absolute atomic E-state index is 0.104. The van der Waals surface area contributed by atoms with Gasteiger partial charge in [-0.05, 0) is 38.5 Å². The summed E-state index contributed by atoms with van der Waals surface area (Å²) in [6.45, 7) is -0.104. The molecule has 2 heteroatoms. The van der Waals surface area contributed by atoms with Crippen LogP contribution in [0.1, 0.15) is 38.5 Å². The molecule has 0 amide bonds. The van der Waals surface area contributed by atoms with Crippen molar-refractivity contribution in [3.05, 3.63) is 11.6 Å². The van der Waals surface area contributed by atoms with Crippen LogP contribution in [0.5, 0.6) is 0 Å². The summed E-state index contributed by atoms with van der Waals surface area (Å²) < 4.78 is 0. The molecule has 2 nitrogen and oxygen atoms in total. The van der Waals surface area contributed by atoms with E-state index in [1.54, 1.807) is 0 Å². The summed E-state index contributed by atoms with van der Waals surface area (Å²) in [5, 5.41) is 17.7. The molecule has 1 aliphatic rings. The molecule has 0 bridgehead atoms. The molecule has 0 spiro atoms. The number of aliphatic hydroxyl groups excluding tert-OH is 2. The second-order valence-corrected chi connectivity index (χ2v) is 3.48. The van der Waals surface area contributed by atoms with E-state index in [9.17, 15) is 0 Å². The zero-order valence-corrected chi connectivity index (χ0v) is 7.50. The summed E-state index contributed by atoms with van der Waals surface area (Å²) in [7, 11) is 0. The van der Waals surface area contributed by atoms with Gasteiger partial charge < -0.3 is 10.2 Å². The van der Waals surface area contributed by atoms with Gasteiger partial charge >= 0.3 is 0 Å². The Kier molecular flexibility index (Phi) is 4.33. The predicted octanol–water partition coefficient (Wildman–Crippen LogP) is 1.62. The maximum atomic E-state index is 9.11. The van der Waals surface area contributed by atoms with Crippen molar-refractivity contribution < 1.29 is 10.2 Å². The molecule has 1 atom stereocenters. The average molecular weight is 170 g/mol. The van der Waals surface area contributed by atoms with Gasteiger partial charge in [-0.15, -0.1) is 0 Å². The zero-order valence-electron chi connectivity index (χ0n) is 7.50. The quantitative estimate of drug-likeness (QED) is 0.629. The maximum absolute atomic E-state index is 9.11. The van der Waals surface area contributed by atoms with Crippen LogP contribution in [0.25, 0.3) is 0 Å². The van der Waals surface area contributed by atoms with Crippen molar-refractivity contribution in [1.29, 1.82) is 0 Å². The van der Waals surface area contributed by atoms with Crippen LogP contribution in [0.2, 0.25) is 0 Å². The van der Waals surface area contributed by atoms with Crippen LogP contribution in [0, 0.1) is 0 Å². The Labute approximate surface area is 73.9 Å². The van der Waals surface area contributed by atoms with Crippen LogP contribution in [-0.2, 0) is 0 Å². The number of hydrogen-bond donors (Lipinski definition) is 2. The van der Waals surface area contributed by atoms with Gasteiger partial charge in [-0.1, -0.05) is 11.6 Å². The van der Waals surface area contributed by atoms with Crippen LogP contribution >= 0.6 is 0 Å². The molecule has 0 heterocycles. The van der Waals surface area contributed by atoms with Crippen LogP contribution in [0.3, 0.4) is 0 Å². The van der Waals surface area contributed by atoms with Crippen molar-refractivity contribution in [2.24, 2.45) is 0 Å². The van der Waals surface area contributed by atoms with Crippen molar-refractivity contribution in [2.45, 2.75) is 44.6 Å². The van der Waals surface area contributed by atoms with Gasteiger partial charge in [0.25, 0.3) is 0 Å². The molecule has 0 aromatic heterocycles. The van der Waals surface area contributed by atoms with Crippen LogP contribution in [-0.4, -0.2) is 22.9 Å². The van der Waals surface area contributed by atoms with Crippen molar-refractivity contribution >= 4 is 0 Å². The van der Waals surface area contributed by atoms with E-state index in [0.717, 1.165) is 6.42 Å². The molecule has 2 N–H and O–H groups in total. The Bertz CT molecular complexity index is 152. The highest BCUT2D eigenvalue weighted by Gasteiger charge is 2.06. The van der Waals surface area contributed by atoms with E-state index >= 15 is 0 Å². The predicted molar refractivity (Wildman–Crippen MR) is 48.9 cm³/mol. The third-order valence-corrected chi connectivity index (χ3v) is 2.39. The van der Waals surface area contributed by atoms with E-state index in [2.05, 4.69) is 6.08 Å². The summed E-state index contributed by atoms with van der Waals surface area (Å²) in [6, 6.07) is 0. The molecule has 0 aromatic rings. The summed E-state index contributed by atoms with van der Waals surface area (Å²) in [6.07, 6.45) is 8.43. The van der Waals surface area contributed by atoms with Gasteiger partial charge in [0.05, 0.1) is 12.7 Å². The molecule has 0 saturated heterocycles. The highest BCUT2D eigenvalue weighted by molar-refractivity contribution is 5.04. The lowest BCUT2D eigenvalue weighted by atomic mass is 9.95. The minimum atomic E-state index is -0.521. The van der Waals surface area contributed by atoms with Gasteiger partial charge in [0.15, 0.2) is 0 Å². The van der Waals surface area contributed by atoms with Gasteiger partial charge in [-0.3, -0.25) is 0 Å². The summed E-state index contributed by atoms with van der Waals surface area (Å²) in [4.78, 5) is 0. The molecule has 1 rings (SSSR count). The van der Waals surface area contributed by atoms with E-state index in [1.807, 2.05) is 0 Å². The van der Waals surface area contributed by atoms with E-state index in [-0.39, 0.29) is 6.61 Å². The third kappa shape index (κ3) is 3.37. The second-order valence-electron chi connectivity index (χ2n) is 3.48. The number of rotatable bonds is 4. The minimum Gasteiger partial charge on any atom is -0.394 e. The normalized spacial score (nSPS) is 20.3. The van der Waals surface area contributed by atoms with E-state index < -0.39 is 6.10 Å². The Balaban J connectivity index is 2.17. The Morgan fingerprint density at radius 1 is 1.42 bits per heavy atom.